The average molecular weight is 465 g/mol. The van der Waals surface area contributed by atoms with Gasteiger partial charge in [0.05, 0.1) is 17.3 Å². The number of amides is 1. The van der Waals surface area contributed by atoms with Crippen LogP contribution in [0.2, 0.25) is 0 Å². The van der Waals surface area contributed by atoms with Crippen molar-refractivity contribution in [2.24, 2.45) is 0 Å². The molecule has 0 bridgehead atoms. The number of nitrogens with one attached hydrogen (secondary N) is 1. The van der Waals surface area contributed by atoms with Crippen LogP contribution in [0.25, 0.3) is 0 Å². The molecule has 0 heterocycles. The number of hydrogen-bond acceptors (Lipinski definition) is 5. The van der Waals surface area contributed by atoms with Gasteiger partial charge in [-0.3, -0.25) is 4.79 Å². The summed E-state index contributed by atoms with van der Waals surface area (Å²) >= 11 is 0. The molecule has 0 aliphatic heterocycles. The van der Waals surface area contributed by atoms with Crippen molar-refractivity contribution in [2.75, 3.05) is 26.3 Å². The lowest BCUT2D eigenvalue weighted by molar-refractivity contribution is -0.124. The Labute approximate surface area is 192 Å². The van der Waals surface area contributed by atoms with Crippen molar-refractivity contribution in [2.45, 2.75) is 63.3 Å². The summed E-state index contributed by atoms with van der Waals surface area (Å²) in [5.41, 5.74) is 0.990. The number of carbonyl (C=O) groups excluding carboxylic acids is 1. The third kappa shape index (κ3) is 8.07. The predicted molar refractivity (Wildman–Crippen MR) is 126 cm³/mol. The van der Waals surface area contributed by atoms with E-state index in [4.69, 9.17) is 4.74 Å². The molecule has 1 aliphatic carbocycles. The van der Waals surface area contributed by atoms with Crippen LogP contribution >= 0.6 is 0 Å². The van der Waals surface area contributed by atoms with Crippen LogP contribution in [0.15, 0.2) is 53.1 Å². The Morgan fingerprint density at radius 3 is 2.62 bits per heavy atom. The molecule has 8 heteroatoms. The molecule has 0 spiro atoms. The summed E-state index contributed by atoms with van der Waals surface area (Å²) in [4.78, 5) is 12.2. The number of aryl methyl sites for hydroxylation is 1. The fraction of sp³-hybridized carbons (Fsp3) is 0.542. The molecule has 1 aromatic rings. The Bertz CT molecular complexity index is 878. The number of ether oxygens (including phenoxy) is 1. The summed E-state index contributed by atoms with van der Waals surface area (Å²) in [6, 6.07) is 6.28. The first-order valence-corrected chi connectivity index (χ1v) is 12.8. The highest BCUT2D eigenvalue weighted by atomic mass is 32.2. The van der Waals surface area contributed by atoms with Gasteiger partial charge >= 0.3 is 0 Å². The molecule has 0 saturated heterocycles. The molecule has 0 unspecified atom stereocenters. The maximum absolute atomic E-state index is 13.1. The maximum Gasteiger partial charge on any atom is 0.257 e. The van der Waals surface area contributed by atoms with Gasteiger partial charge in [0.15, 0.2) is 6.61 Å². The minimum atomic E-state index is -3.69. The molecular formula is C24H36N2O5S. The summed E-state index contributed by atoms with van der Waals surface area (Å²) < 4.78 is 33.2. The highest BCUT2D eigenvalue weighted by Crippen LogP contribution is 2.22. The minimum absolute atomic E-state index is 0.00197. The molecule has 1 aromatic carbocycles. The number of nitrogens with zero attached hydrogens (tertiary/aromatic N) is 1. The van der Waals surface area contributed by atoms with Gasteiger partial charge in [-0.15, -0.1) is 0 Å². The van der Waals surface area contributed by atoms with E-state index < -0.39 is 16.1 Å². The molecule has 2 rings (SSSR count). The van der Waals surface area contributed by atoms with Gasteiger partial charge in [0.25, 0.3) is 5.91 Å². The van der Waals surface area contributed by atoms with Gasteiger partial charge in [-0.05, 0) is 50.8 Å². The molecule has 1 amide bonds. The summed E-state index contributed by atoms with van der Waals surface area (Å²) in [5, 5.41) is 12.7. The van der Waals surface area contributed by atoms with Crippen LogP contribution in [0.1, 0.15) is 51.0 Å². The van der Waals surface area contributed by atoms with E-state index in [2.05, 4.69) is 11.4 Å². The van der Waals surface area contributed by atoms with Crippen LogP contribution in [-0.2, 0) is 19.6 Å². The third-order valence-electron chi connectivity index (χ3n) is 5.34. The van der Waals surface area contributed by atoms with Crippen LogP contribution in [0.4, 0.5) is 0 Å². The summed E-state index contributed by atoms with van der Waals surface area (Å²) in [6.07, 6.45) is 10.1. The van der Waals surface area contributed by atoms with Crippen LogP contribution in [-0.4, -0.2) is 56.1 Å². The monoisotopic (exact) mass is 464 g/mol. The van der Waals surface area contributed by atoms with Crippen molar-refractivity contribution in [1.82, 2.24) is 9.62 Å². The predicted octanol–water partition coefficient (Wildman–Crippen LogP) is 3.29. The van der Waals surface area contributed by atoms with Crippen molar-refractivity contribution in [3.05, 3.63) is 53.8 Å². The Morgan fingerprint density at radius 2 is 2.00 bits per heavy atom. The van der Waals surface area contributed by atoms with E-state index in [1.807, 2.05) is 26.0 Å². The fourth-order valence-corrected chi connectivity index (χ4v) is 5.27. The van der Waals surface area contributed by atoms with Crippen molar-refractivity contribution in [3.63, 3.8) is 0 Å². The minimum Gasteiger partial charge on any atom is -0.488 e. The van der Waals surface area contributed by atoms with E-state index in [0.29, 0.717) is 38.8 Å². The number of aliphatic hydroxyl groups excluding tert-OH is 1. The Balaban J connectivity index is 1.81. The van der Waals surface area contributed by atoms with Crippen LogP contribution in [0.3, 0.4) is 0 Å². The largest absolute Gasteiger partial charge is 0.488 e. The Hall–Kier alpha value is -2.16. The first-order valence-electron chi connectivity index (χ1n) is 11.3. The molecule has 2 N–H and O–H groups in total. The molecule has 1 atom stereocenters. The van der Waals surface area contributed by atoms with E-state index in [0.717, 1.165) is 24.2 Å². The highest BCUT2D eigenvalue weighted by molar-refractivity contribution is 7.89. The topological polar surface area (TPSA) is 95.9 Å². The number of aliphatic hydroxyl groups is 1. The zero-order chi connectivity index (χ0) is 23.4. The number of hydrogen-bond donors (Lipinski definition) is 2. The van der Waals surface area contributed by atoms with E-state index in [-0.39, 0.29) is 24.0 Å². The number of carbonyl (C=O) groups is 1. The van der Waals surface area contributed by atoms with Crippen LogP contribution < -0.4 is 5.32 Å². The molecule has 7 nitrogen and oxygen atoms in total. The van der Waals surface area contributed by atoms with Crippen molar-refractivity contribution < 1.29 is 23.1 Å². The highest BCUT2D eigenvalue weighted by Gasteiger charge is 2.30. The first-order chi connectivity index (χ1) is 15.4. The number of unbranched alkanes of at least 4 members (excludes halogenated alkanes) is 1. The second kappa shape index (κ2) is 13.4. The lowest BCUT2D eigenvalue weighted by Gasteiger charge is -2.29. The van der Waals surface area contributed by atoms with E-state index in [1.54, 1.807) is 24.3 Å². The molecule has 178 valence electrons. The maximum atomic E-state index is 13.1. The van der Waals surface area contributed by atoms with Gasteiger partial charge in [0, 0.05) is 25.6 Å². The average Bonchev–Trinajstić information content (AvgIpc) is 2.80. The molecule has 32 heavy (non-hydrogen) atoms. The second-order valence-electron chi connectivity index (χ2n) is 8.00. The van der Waals surface area contributed by atoms with Gasteiger partial charge in [-0.2, -0.15) is 4.31 Å². The smallest absolute Gasteiger partial charge is 0.257 e. The van der Waals surface area contributed by atoms with Crippen molar-refractivity contribution in [3.8, 4) is 0 Å². The first kappa shape index (κ1) is 26.1. The molecular weight excluding hydrogens is 428 g/mol. The normalized spacial score (nSPS) is 14.8. The quantitative estimate of drug-likeness (QED) is 0.412. The lowest BCUT2D eigenvalue weighted by atomic mass is 10.1. The van der Waals surface area contributed by atoms with Crippen molar-refractivity contribution >= 4 is 15.9 Å². The fourth-order valence-electron chi connectivity index (χ4n) is 3.53. The van der Waals surface area contributed by atoms with E-state index in [1.165, 1.54) is 4.31 Å². The molecule has 0 saturated carbocycles. The second-order valence-corrected chi connectivity index (χ2v) is 9.89. The van der Waals surface area contributed by atoms with Gasteiger partial charge in [0.1, 0.15) is 0 Å². The Kier molecular flexibility index (Phi) is 10.9. The van der Waals surface area contributed by atoms with Crippen molar-refractivity contribution in [1.29, 1.82) is 0 Å². The van der Waals surface area contributed by atoms with E-state index in [9.17, 15) is 18.3 Å². The van der Waals surface area contributed by atoms with E-state index >= 15 is 0 Å². The number of sulfonamides is 1. The molecule has 0 radical (unpaired) electrons. The van der Waals surface area contributed by atoms with Crippen LogP contribution in [0.5, 0.6) is 0 Å². The zero-order valence-electron chi connectivity index (χ0n) is 19.1. The lowest BCUT2D eigenvalue weighted by Crippen LogP contribution is -2.43. The molecule has 0 aromatic heterocycles. The third-order valence-corrected chi connectivity index (χ3v) is 7.31. The number of benzene rings is 1. The standard InChI is InChI=1S/C24H36N2O5S/c1-3-17-26(32(29,30)23-14-12-20(2)13-15-23)21(18-27)9-7-8-16-25-24(28)19-31-22-10-5-4-6-11-22/h4-5,10,12-15,21,27H,3,6-9,11,16-19H2,1-2H3,(H,25,28)/t21-/m0/s1. The zero-order valence-corrected chi connectivity index (χ0v) is 19.9. The number of allylic oxidation sites excluding steroid dienone is 4. The molecule has 1 aliphatic rings. The molecule has 0 fully saturated rings. The van der Waals surface area contributed by atoms with Gasteiger partial charge < -0.3 is 15.2 Å². The summed E-state index contributed by atoms with van der Waals surface area (Å²) in [6.45, 7) is 4.42. The summed E-state index contributed by atoms with van der Waals surface area (Å²) in [5.74, 6) is 0.646. The van der Waals surface area contributed by atoms with Gasteiger partial charge in [-0.25, -0.2) is 8.42 Å². The number of rotatable bonds is 14. The SMILES string of the molecule is CCCN([C@H](CO)CCCCNC(=O)COC1=CC=CCC1)S(=O)(=O)c1ccc(C)cc1. The van der Waals surface area contributed by atoms with Gasteiger partial charge in [0.2, 0.25) is 10.0 Å². The summed E-state index contributed by atoms with van der Waals surface area (Å²) in [7, 11) is -3.69. The van der Waals surface area contributed by atoms with Crippen LogP contribution in [0, 0.1) is 6.92 Å². The van der Waals surface area contributed by atoms with Gasteiger partial charge in [-0.1, -0.05) is 43.2 Å². The Morgan fingerprint density at radius 1 is 1.25 bits per heavy atom.